The quantitative estimate of drug-likeness (QED) is 0.186. The average molecular weight is 555 g/mol. The van der Waals surface area contributed by atoms with Crippen molar-refractivity contribution in [3.05, 3.63) is 53.6 Å². The Hall–Kier alpha value is -3.59. The van der Waals surface area contributed by atoms with Crippen LogP contribution in [0.15, 0.2) is 42.5 Å². The summed E-state index contributed by atoms with van der Waals surface area (Å²) in [5.74, 6) is -0.245. The Morgan fingerprint density at radius 2 is 1.50 bits per heavy atom. The highest BCUT2D eigenvalue weighted by molar-refractivity contribution is 6.02. The normalized spacial score (nSPS) is 11.7. The number of anilines is 3. The highest BCUT2D eigenvalue weighted by atomic mass is 16.7. The largest absolute Gasteiger partial charge is 0.428 e. The molecular formula is C31H46N4O5. The molecule has 9 nitrogen and oxygen atoms in total. The number of ether oxygens (including phenoxy) is 2. The molecule has 0 spiro atoms. The minimum atomic E-state index is -0.495. The van der Waals surface area contributed by atoms with Gasteiger partial charge in [-0.1, -0.05) is 58.4 Å². The molecule has 0 aliphatic carbocycles. The summed E-state index contributed by atoms with van der Waals surface area (Å²) in [6, 6.07) is 13.3. The zero-order valence-corrected chi connectivity index (χ0v) is 25.0. The molecule has 0 aromatic heterocycles. The number of nitrogens with one attached hydrogen (secondary N) is 3. The molecule has 0 radical (unpaired) electrons. The van der Waals surface area contributed by atoms with Crippen LogP contribution in [0.5, 0.6) is 0 Å². The van der Waals surface area contributed by atoms with Crippen molar-refractivity contribution in [3.8, 4) is 0 Å². The molecule has 0 bridgehead atoms. The summed E-state index contributed by atoms with van der Waals surface area (Å²) < 4.78 is 10.0. The lowest BCUT2D eigenvalue weighted by Crippen LogP contribution is -2.32. The van der Waals surface area contributed by atoms with Gasteiger partial charge in [0.25, 0.3) is 0 Å². The van der Waals surface area contributed by atoms with Gasteiger partial charge in [-0.3, -0.25) is 9.59 Å². The van der Waals surface area contributed by atoms with E-state index in [-0.39, 0.29) is 24.9 Å². The number of likely N-dealkylation sites (N-methyl/N-ethyl adjacent to an activating group) is 1. The summed E-state index contributed by atoms with van der Waals surface area (Å²) in [5, 5.41) is 8.66. The molecule has 40 heavy (non-hydrogen) atoms. The van der Waals surface area contributed by atoms with Crippen LogP contribution in [0.4, 0.5) is 21.9 Å². The number of benzene rings is 2. The van der Waals surface area contributed by atoms with E-state index in [0.717, 1.165) is 29.9 Å². The minimum Gasteiger partial charge on any atom is -0.428 e. The van der Waals surface area contributed by atoms with Gasteiger partial charge in [0.05, 0.1) is 24.3 Å². The zero-order chi connectivity index (χ0) is 29.7. The smallest absolute Gasteiger partial charge is 0.323 e. The van der Waals surface area contributed by atoms with Crippen molar-refractivity contribution in [2.24, 2.45) is 11.8 Å². The molecule has 0 aliphatic rings. The monoisotopic (exact) mass is 554 g/mol. The fourth-order valence-corrected chi connectivity index (χ4v) is 4.37. The van der Waals surface area contributed by atoms with Gasteiger partial charge in [0.1, 0.15) is 0 Å². The lowest BCUT2D eigenvalue weighted by atomic mass is 9.92. The molecule has 0 fully saturated rings. The van der Waals surface area contributed by atoms with Crippen LogP contribution >= 0.6 is 0 Å². The van der Waals surface area contributed by atoms with Gasteiger partial charge in [-0.2, -0.15) is 0 Å². The molecule has 1 atom stereocenters. The Morgan fingerprint density at radius 3 is 2.08 bits per heavy atom. The van der Waals surface area contributed by atoms with Crippen LogP contribution in [0.3, 0.4) is 0 Å². The summed E-state index contributed by atoms with van der Waals surface area (Å²) in [6.07, 6.45) is 0.806. The summed E-state index contributed by atoms with van der Waals surface area (Å²) in [5.41, 5.74) is 4.33. The van der Waals surface area contributed by atoms with Gasteiger partial charge in [-0.25, -0.2) is 4.79 Å². The third-order valence-corrected chi connectivity index (χ3v) is 6.23. The topological polar surface area (TPSA) is 109 Å². The number of aryl methyl sites for hydroxylation is 1. The van der Waals surface area contributed by atoms with Crippen molar-refractivity contribution in [2.75, 3.05) is 49.0 Å². The van der Waals surface area contributed by atoms with Crippen LogP contribution in [-0.2, 0) is 19.1 Å². The first-order chi connectivity index (χ1) is 19.0. The van der Waals surface area contributed by atoms with Gasteiger partial charge >= 0.3 is 18.0 Å². The first-order valence-electron chi connectivity index (χ1n) is 14.0. The Labute approximate surface area is 239 Å². The highest BCUT2D eigenvalue weighted by Crippen LogP contribution is 2.34. The van der Waals surface area contributed by atoms with E-state index in [1.807, 2.05) is 56.3 Å². The standard InChI is InChI=1S/C31H46N4O5/c1-8-24(16-29(36)39-20-40-30(37)17-32-7)25-11-14-28(35(18-21(2)3)19-22(4)5)27(15-25)34-31(38)33-26-12-9-23(6)10-13-26/h9-15,21-22,24,32H,8,16-20H2,1-7H3,(H2,33,34,38)/t24-/m0/s1. The molecule has 3 N–H and O–H groups in total. The second kappa shape index (κ2) is 16.5. The predicted molar refractivity (Wildman–Crippen MR) is 161 cm³/mol. The maximum absolute atomic E-state index is 13.1. The fraction of sp³-hybridized carbons (Fsp3) is 0.516. The molecular weight excluding hydrogens is 508 g/mol. The van der Waals surface area contributed by atoms with Crippen LogP contribution in [0.25, 0.3) is 0 Å². The van der Waals surface area contributed by atoms with Crippen LogP contribution in [0.2, 0.25) is 0 Å². The first-order valence-corrected chi connectivity index (χ1v) is 14.0. The van der Waals surface area contributed by atoms with E-state index in [9.17, 15) is 14.4 Å². The number of carbonyl (C=O) groups is 3. The number of esters is 2. The van der Waals surface area contributed by atoms with Crippen molar-refractivity contribution in [1.82, 2.24) is 5.32 Å². The van der Waals surface area contributed by atoms with Crippen LogP contribution < -0.4 is 20.9 Å². The molecule has 2 amide bonds. The Balaban J connectivity index is 2.29. The van der Waals surface area contributed by atoms with Gasteiger partial charge in [0.2, 0.25) is 6.79 Å². The maximum Gasteiger partial charge on any atom is 0.323 e. The fourth-order valence-electron chi connectivity index (χ4n) is 4.37. The molecule has 0 saturated heterocycles. The van der Waals surface area contributed by atoms with E-state index in [1.54, 1.807) is 7.05 Å². The van der Waals surface area contributed by atoms with E-state index >= 15 is 0 Å². The van der Waals surface area contributed by atoms with E-state index in [2.05, 4.69) is 48.5 Å². The number of nitrogens with zero attached hydrogens (tertiary/aromatic N) is 1. The third-order valence-electron chi connectivity index (χ3n) is 6.23. The summed E-state index contributed by atoms with van der Waals surface area (Å²) in [6.45, 7) is 14.0. The van der Waals surface area contributed by atoms with Crippen molar-refractivity contribution >= 4 is 35.0 Å². The zero-order valence-electron chi connectivity index (χ0n) is 25.0. The molecule has 9 heteroatoms. The molecule has 0 aliphatic heterocycles. The number of hydrogen-bond donors (Lipinski definition) is 3. The van der Waals surface area contributed by atoms with Gasteiger partial charge in [0, 0.05) is 18.8 Å². The molecule has 0 unspecified atom stereocenters. The van der Waals surface area contributed by atoms with Gasteiger partial charge in [-0.15, -0.1) is 0 Å². The molecule has 2 aromatic rings. The van der Waals surface area contributed by atoms with Crippen LogP contribution in [0, 0.1) is 18.8 Å². The van der Waals surface area contributed by atoms with Crippen molar-refractivity contribution in [3.63, 3.8) is 0 Å². The SMILES string of the molecule is CC[C@@H](CC(=O)OCOC(=O)CNC)c1ccc(N(CC(C)C)CC(C)C)c(NC(=O)Nc2ccc(C)cc2)c1. The van der Waals surface area contributed by atoms with Crippen molar-refractivity contribution in [2.45, 2.75) is 60.3 Å². The molecule has 2 rings (SSSR count). The maximum atomic E-state index is 13.1. The number of amides is 2. The average Bonchev–Trinajstić information content (AvgIpc) is 2.88. The lowest BCUT2D eigenvalue weighted by Gasteiger charge is -2.31. The summed E-state index contributed by atoms with van der Waals surface area (Å²) in [4.78, 5) is 39.4. The summed E-state index contributed by atoms with van der Waals surface area (Å²) in [7, 11) is 1.63. The van der Waals surface area contributed by atoms with E-state index in [4.69, 9.17) is 9.47 Å². The number of hydrogen-bond acceptors (Lipinski definition) is 7. The third kappa shape index (κ3) is 11.3. The number of carbonyl (C=O) groups excluding carboxylic acids is 3. The molecule has 2 aromatic carbocycles. The van der Waals surface area contributed by atoms with E-state index in [0.29, 0.717) is 29.6 Å². The number of rotatable bonds is 15. The second-order valence-electron chi connectivity index (χ2n) is 10.9. The molecule has 220 valence electrons. The number of urea groups is 1. The van der Waals surface area contributed by atoms with E-state index < -0.39 is 18.7 Å². The predicted octanol–water partition coefficient (Wildman–Crippen LogP) is 5.90. The van der Waals surface area contributed by atoms with Gasteiger partial charge in [-0.05, 0) is 68.0 Å². The first kappa shape index (κ1) is 32.6. The minimum absolute atomic E-state index is 0.0411. The van der Waals surface area contributed by atoms with Crippen LogP contribution in [0.1, 0.15) is 64.5 Å². The Bertz CT molecular complexity index is 1090. The highest BCUT2D eigenvalue weighted by Gasteiger charge is 2.21. The lowest BCUT2D eigenvalue weighted by molar-refractivity contribution is -0.166. The second-order valence-corrected chi connectivity index (χ2v) is 10.9. The summed E-state index contributed by atoms with van der Waals surface area (Å²) >= 11 is 0. The van der Waals surface area contributed by atoms with Gasteiger partial charge < -0.3 is 30.3 Å². The molecule has 0 saturated carbocycles. The Morgan fingerprint density at radius 1 is 0.875 bits per heavy atom. The van der Waals surface area contributed by atoms with Gasteiger partial charge in [0.15, 0.2) is 0 Å². The van der Waals surface area contributed by atoms with Crippen molar-refractivity contribution in [1.29, 1.82) is 0 Å². The Kier molecular flexibility index (Phi) is 13.5. The molecule has 0 heterocycles. The van der Waals surface area contributed by atoms with E-state index in [1.165, 1.54) is 0 Å². The van der Waals surface area contributed by atoms with Crippen LogP contribution in [-0.4, -0.2) is 51.4 Å². The van der Waals surface area contributed by atoms with Crippen molar-refractivity contribution < 1.29 is 23.9 Å².